The molecule has 0 spiro atoms. The number of carbonyl (C=O) groups excluding carboxylic acids is 1. The van der Waals surface area contributed by atoms with Crippen LogP contribution in [0.2, 0.25) is 5.02 Å². The molecule has 110 valence electrons. The fourth-order valence-corrected chi connectivity index (χ4v) is 1.95. The summed E-state index contributed by atoms with van der Waals surface area (Å²) in [6.07, 6.45) is 0.904. The minimum absolute atomic E-state index is 0.0989. The number of halogens is 1. The Hall–Kier alpha value is -2.20. The molecule has 0 radical (unpaired) electrons. The lowest BCUT2D eigenvalue weighted by molar-refractivity contribution is -0.118. The first-order valence-corrected chi connectivity index (χ1v) is 7.03. The van der Waals surface area contributed by atoms with Crippen molar-refractivity contribution in [3.8, 4) is 5.75 Å². The Bertz CT molecular complexity index is 627. The minimum Gasteiger partial charge on any atom is -0.482 e. The minimum atomic E-state index is -0.253. The molecule has 0 aliphatic heterocycles. The maximum absolute atomic E-state index is 11.8. The Morgan fingerprint density at radius 2 is 1.95 bits per heavy atom. The molecule has 5 heteroatoms. The fourth-order valence-electron chi connectivity index (χ4n) is 1.82. The van der Waals surface area contributed by atoms with Gasteiger partial charge in [0.1, 0.15) is 5.75 Å². The molecule has 0 saturated carbocycles. The number of ether oxygens (including phenoxy) is 1. The lowest BCUT2D eigenvalue weighted by atomic mass is 10.1. The maximum atomic E-state index is 11.8. The average Bonchev–Trinajstić information content (AvgIpc) is 2.48. The van der Waals surface area contributed by atoms with Crippen molar-refractivity contribution < 1.29 is 9.53 Å². The van der Waals surface area contributed by atoms with E-state index in [1.54, 1.807) is 30.3 Å². The zero-order valence-corrected chi connectivity index (χ0v) is 12.5. The highest BCUT2D eigenvalue weighted by Gasteiger charge is 2.06. The van der Waals surface area contributed by atoms with Gasteiger partial charge in [-0.3, -0.25) is 4.79 Å². The molecule has 4 nitrogen and oxygen atoms in total. The Morgan fingerprint density at radius 1 is 1.24 bits per heavy atom. The third-order valence-corrected chi connectivity index (χ3v) is 3.22. The first-order chi connectivity index (χ1) is 10.1. The van der Waals surface area contributed by atoms with Crippen molar-refractivity contribution in [2.45, 2.75) is 13.3 Å². The van der Waals surface area contributed by atoms with Crippen LogP contribution in [0, 0.1) is 0 Å². The van der Waals surface area contributed by atoms with Gasteiger partial charge in [-0.15, -0.1) is 0 Å². The monoisotopic (exact) mass is 304 g/mol. The van der Waals surface area contributed by atoms with E-state index >= 15 is 0 Å². The van der Waals surface area contributed by atoms with E-state index in [2.05, 4.69) is 12.2 Å². The van der Waals surface area contributed by atoms with E-state index in [0.29, 0.717) is 22.1 Å². The predicted molar refractivity (Wildman–Crippen MR) is 85.8 cm³/mol. The van der Waals surface area contributed by atoms with Crippen molar-refractivity contribution in [3.63, 3.8) is 0 Å². The number of nitrogen functional groups attached to an aromatic ring is 1. The molecule has 0 heterocycles. The quantitative estimate of drug-likeness (QED) is 0.831. The Balaban J connectivity index is 1.90. The molecule has 0 atom stereocenters. The molecule has 1 amide bonds. The molecule has 2 rings (SSSR count). The number of hydrogen-bond donors (Lipinski definition) is 2. The molecular formula is C16H17ClN2O2. The summed E-state index contributed by atoms with van der Waals surface area (Å²) in [5.74, 6) is 0.259. The smallest absolute Gasteiger partial charge is 0.262 e. The number of nitrogens with two attached hydrogens (primary N) is 1. The number of amides is 1. The summed E-state index contributed by atoms with van der Waals surface area (Å²) in [6, 6.07) is 12.4. The summed E-state index contributed by atoms with van der Waals surface area (Å²) >= 11 is 5.78. The highest BCUT2D eigenvalue weighted by Crippen LogP contribution is 2.22. The molecule has 0 fully saturated rings. The van der Waals surface area contributed by atoms with Gasteiger partial charge in [0.25, 0.3) is 5.91 Å². The molecule has 0 unspecified atom stereocenters. The van der Waals surface area contributed by atoms with Gasteiger partial charge in [0.05, 0.1) is 5.69 Å². The molecule has 2 aromatic carbocycles. The van der Waals surface area contributed by atoms with Gasteiger partial charge in [0.2, 0.25) is 0 Å². The molecule has 0 aliphatic rings. The first kappa shape index (κ1) is 15.2. The molecular weight excluding hydrogens is 288 g/mol. The van der Waals surface area contributed by atoms with Crippen LogP contribution in [0.3, 0.4) is 0 Å². The van der Waals surface area contributed by atoms with Gasteiger partial charge < -0.3 is 15.8 Å². The number of anilines is 2. The summed E-state index contributed by atoms with van der Waals surface area (Å²) in [5.41, 5.74) is 8.22. The fraction of sp³-hybridized carbons (Fsp3) is 0.188. The summed E-state index contributed by atoms with van der Waals surface area (Å²) in [6.45, 7) is 1.95. The van der Waals surface area contributed by atoms with Crippen LogP contribution in [-0.4, -0.2) is 12.5 Å². The van der Waals surface area contributed by atoms with Crippen molar-refractivity contribution in [2.24, 2.45) is 0 Å². The van der Waals surface area contributed by atoms with Gasteiger partial charge in [-0.2, -0.15) is 0 Å². The van der Waals surface area contributed by atoms with Crippen molar-refractivity contribution >= 4 is 28.9 Å². The van der Waals surface area contributed by atoms with Gasteiger partial charge in [0.15, 0.2) is 6.61 Å². The van der Waals surface area contributed by atoms with Crippen LogP contribution in [-0.2, 0) is 11.2 Å². The van der Waals surface area contributed by atoms with E-state index in [1.807, 2.05) is 12.1 Å². The highest BCUT2D eigenvalue weighted by molar-refractivity contribution is 6.30. The summed E-state index contributed by atoms with van der Waals surface area (Å²) in [4.78, 5) is 11.8. The molecule has 0 saturated heterocycles. The number of aryl methyl sites for hydroxylation is 1. The molecule has 2 aromatic rings. The van der Waals surface area contributed by atoms with Crippen LogP contribution in [0.15, 0.2) is 42.5 Å². The van der Waals surface area contributed by atoms with Crippen LogP contribution in [0.25, 0.3) is 0 Å². The number of nitrogens with one attached hydrogen (secondary N) is 1. The van der Waals surface area contributed by atoms with Gasteiger partial charge >= 0.3 is 0 Å². The Morgan fingerprint density at radius 3 is 2.57 bits per heavy atom. The maximum Gasteiger partial charge on any atom is 0.262 e. The van der Waals surface area contributed by atoms with E-state index in [-0.39, 0.29) is 12.5 Å². The zero-order chi connectivity index (χ0) is 15.2. The zero-order valence-electron chi connectivity index (χ0n) is 11.7. The van der Waals surface area contributed by atoms with Gasteiger partial charge in [-0.05, 0) is 48.4 Å². The second-order valence-electron chi connectivity index (χ2n) is 4.57. The lowest BCUT2D eigenvalue weighted by Crippen LogP contribution is -2.20. The van der Waals surface area contributed by atoms with Crippen LogP contribution in [0.4, 0.5) is 11.4 Å². The molecule has 21 heavy (non-hydrogen) atoms. The molecule has 0 aliphatic carbocycles. The second-order valence-corrected chi connectivity index (χ2v) is 5.01. The number of hydrogen-bond acceptors (Lipinski definition) is 3. The van der Waals surface area contributed by atoms with E-state index in [1.165, 1.54) is 0 Å². The lowest BCUT2D eigenvalue weighted by Gasteiger charge is -2.10. The Labute approximate surface area is 128 Å². The second kappa shape index (κ2) is 6.99. The van der Waals surface area contributed by atoms with E-state index < -0.39 is 0 Å². The van der Waals surface area contributed by atoms with Crippen molar-refractivity contribution in [2.75, 3.05) is 17.7 Å². The third kappa shape index (κ3) is 4.39. The van der Waals surface area contributed by atoms with Gasteiger partial charge in [0, 0.05) is 10.7 Å². The predicted octanol–water partition coefficient (Wildman–Crippen LogP) is 3.50. The van der Waals surface area contributed by atoms with Crippen LogP contribution < -0.4 is 15.8 Å². The molecule has 0 aromatic heterocycles. The summed E-state index contributed by atoms with van der Waals surface area (Å²) in [5, 5.41) is 3.34. The molecule has 0 bridgehead atoms. The average molecular weight is 305 g/mol. The first-order valence-electron chi connectivity index (χ1n) is 6.65. The van der Waals surface area contributed by atoms with Crippen molar-refractivity contribution in [1.29, 1.82) is 0 Å². The van der Waals surface area contributed by atoms with Crippen LogP contribution in [0.5, 0.6) is 5.75 Å². The van der Waals surface area contributed by atoms with Crippen LogP contribution >= 0.6 is 11.6 Å². The van der Waals surface area contributed by atoms with E-state index in [0.717, 1.165) is 12.0 Å². The number of rotatable bonds is 5. The summed E-state index contributed by atoms with van der Waals surface area (Å²) in [7, 11) is 0. The Kier molecular flexibility index (Phi) is 5.06. The molecule has 3 N–H and O–H groups in total. The topological polar surface area (TPSA) is 64.3 Å². The van der Waals surface area contributed by atoms with Gasteiger partial charge in [-0.1, -0.05) is 24.6 Å². The van der Waals surface area contributed by atoms with E-state index in [9.17, 15) is 4.79 Å². The number of carbonyl (C=O) groups is 1. The highest BCUT2D eigenvalue weighted by atomic mass is 35.5. The van der Waals surface area contributed by atoms with Crippen molar-refractivity contribution in [3.05, 3.63) is 53.1 Å². The van der Waals surface area contributed by atoms with Gasteiger partial charge in [-0.25, -0.2) is 0 Å². The van der Waals surface area contributed by atoms with Crippen molar-refractivity contribution in [1.82, 2.24) is 0 Å². The SMILES string of the molecule is CCc1ccc(OCC(=O)Nc2ccc(Cl)cc2)c(N)c1. The van der Waals surface area contributed by atoms with Crippen LogP contribution in [0.1, 0.15) is 12.5 Å². The normalized spacial score (nSPS) is 10.2. The standard InChI is InChI=1S/C16H17ClN2O2/c1-2-11-3-8-15(14(18)9-11)21-10-16(20)19-13-6-4-12(17)5-7-13/h3-9H,2,10,18H2,1H3,(H,19,20). The third-order valence-electron chi connectivity index (χ3n) is 2.97. The summed E-state index contributed by atoms with van der Waals surface area (Å²) < 4.78 is 5.43. The largest absolute Gasteiger partial charge is 0.482 e. The number of benzene rings is 2. The van der Waals surface area contributed by atoms with E-state index in [4.69, 9.17) is 22.1 Å².